The van der Waals surface area contributed by atoms with E-state index < -0.39 is 0 Å². The van der Waals surface area contributed by atoms with E-state index in [0.29, 0.717) is 19.1 Å². The number of hydrogen-bond donors (Lipinski definition) is 2. The Morgan fingerprint density at radius 2 is 2.32 bits per heavy atom. The molecule has 2 heterocycles. The van der Waals surface area contributed by atoms with E-state index in [2.05, 4.69) is 21.5 Å². The van der Waals surface area contributed by atoms with Crippen molar-refractivity contribution in [3.63, 3.8) is 0 Å². The second-order valence-electron chi connectivity index (χ2n) is 5.10. The van der Waals surface area contributed by atoms with Crippen LogP contribution in [0.2, 0.25) is 0 Å². The Morgan fingerprint density at radius 3 is 3.09 bits per heavy atom. The maximum atomic E-state index is 5.99. The zero-order chi connectivity index (χ0) is 14.7. The molecule has 1 atom stereocenters. The van der Waals surface area contributed by atoms with E-state index >= 15 is 0 Å². The second-order valence-corrected chi connectivity index (χ2v) is 5.10. The normalized spacial score (nSPS) is 17.1. The van der Waals surface area contributed by atoms with Crippen molar-refractivity contribution in [1.82, 2.24) is 15.1 Å². The number of ether oxygens (including phenoxy) is 1. The summed E-state index contributed by atoms with van der Waals surface area (Å²) in [5.74, 6) is 1.36. The number of hydrogen-bond acceptors (Lipinski definition) is 3. The van der Waals surface area contributed by atoms with Crippen LogP contribution in [0.5, 0.6) is 5.75 Å². The molecule has 1 aliphatic heterocycles. The number of fused-ring (bicyclic) bond motifs is 1. The largest absolute Gasteiger partial charge is 0.493 e. The first-order chi connectivity index (χ1) is 10.2. The lowest BCUT2D eigenvalue weighted by atomic mass is 10.0. The van der Waals surface area contributed by atoms with E-state index in [1.54, 1.807) is 10.9 Å². The monoisotopic (exact) mass is 413 g/mol. The van der Waals surface area contributed by atoms with Gasteiger partial charge in [-0.15, -0.1) is 24.0 Å². The lowest BCUT2D eigenvalue weighted by Gasteiger charge is -2.26. The molecule has 3 rings (SSSR count). The van der Waals surface area contributed by atoms with Gasteiger partial charge < -0.3 is 15.8 Å². The summed E-state index contributed by atoms with van der Waals surface area (Å²) < 4.78 is 7.39. The van der Waals surface area contributed by atoms with E-state index in [1.165, 1.54) is 0 Å². The molecule has 7 heteroatoms. The first-order valence-corrected chi connectivity index (χ1v) is 6.98. The molecule has 118 valence electrons. The van der Waals surface area contributed by atoms with Crippen LogP contribution >= 0.6 is 24.0 Å². The quantitative estimate of drug-likeness (QED) is 0.458. The summed E-state index contributed by atoms with van der Waals surface area (Å²) in [6.45, 7) is 1.21. The number of para-hydroxylation sites is 1. The maximum Gasteiger partial charge on any atom is 0.189 e. The van der Waals surface area contributed by atoms with Crippen molar-refractivity contribution in [3.8, 4) is 5.75 Å². The van der Waals surface area contributed by atoms with E-state index in [-0.39, 0.29) is 30.0 Å². The smallest absolute Gasteiger partial charge is 0.189 e. The van der Waals surface area contributed by atoms with Crippen LogP contribution in [0.3, 0.4) is 0 Å². The van der Waals surface area contributed by atoms with E-state index in [1.807, 2.05) is 31.4 Å². The molecule has 0 saturated carbocycles. The van der Waals surface area contributed by atoms with Gasteiger partial charge in [0.05, 0.1) is 25.4 Å². The fraction of sp³-hybridized carbons (Fsp3) is 0.333. The first kappa shape index (κ1) is 16.6. The molecular formula is C15H20IN5O. The van der Waals surface area contributed by atoms with Crippen LogP contribution in [-0.4, -0.2) is 22.3 Å². The number of benzene rings is 1. The number of aryl methyl sites for hydroxylation is 1. The van der Waals surface area contributed by atoms with Crippen molar-refractivity contribution in [1.29, 1.82) is 0 Å². The van der Waals surface area contributed by atoms with Crippen molar-refractivity contribution in [3.05, 3.63) is 47.8 Å². The average Bonchev–Trinajstić information content (AvgIpc) is 2.91. The fourth-order valence-corrected chi connectivity index (χ4v) is 2.45. The second kappa shape index (κ2) is 7.48. The fourth-order valence-electron chi connectivity index (χ4n) is 2.45. The molecule has 0 bridgehead atoms. The van der Waals surface area contributed by atoms with Crippen LogP contribution in [0.4, 0.5) is 0 Å². The third kappa shape index (κ3) is 3.90. The molecule has 1 aromatic heterocycles. The number of halogens is 1. The number of aliphatic imine (C=N–C) groups is 1. The SMILES string of the molecule is Cn1cc(CN=C(N)NC2CCOc3ccccc32)cn1.I. The van der Waals surface area contributed by atoms with Gasteiger partial charge in [0.15, 0.2) is 5.96 Å². The minimum absolute atomic E-state index is 0. The number of nitrogens with one attached hydrogen (secondary N) is 1. The molecule has 6 nitrogen and oxygen atoms in total. The first-order valence-electron chi connectivity index (χ1n) is 6.98. The highest BCUT2D eigenvalue weighted by Crippen LogP contribution is 2.31. The van der Waals surface area contributed by atoms with Gasteiger partial charge >= 0.3 is 0 Å². The third-order valence-electron chi connectivity index (χ3n) is 3.47. The summed E-state index contributed by atoms with van der Waals surface area (Å²) in [6.07, 6.45) is 4.60. The van der Waals surface area contributed by atoms with Gasteiger partial charge in [0.2, 0.25) is 0 Å². The molecule has 0 amide bonds. The standard InChI is InChI=1S/C15H19N5O.HI/c1-20-10-11(9-18-20)8-17-15(16)19-13-6-7-21-14-5-3-2-4-12(13)14;/h2-5,9-10,13H,6-8H2,1H3,(H3,16,17,19);1H. The third-order valence-corrected chi connectivity index (χ3v) is 3.47. The summed E-state index contributed by atoms with van der Waals surface area (Å²) in [6, 6.07) is 8.16. The Morgan fingerprint density at radius 1 is 1.50 bits per heavy atom. The Kier molecular flexibility index (Phi) is 5.64. The number of rotatable bonds is 3. The summed E-state index contributed by atoms with van der Waals surface area (Å²) in [4.78, 5) is 4.36. The minimum Gasteiger partial charge on any atom is -0.493 e. The van der Waals surface area contributed by atoms with E-state index in [0.717, 1.165) is 23.3 Å². The van der Waals surface area contributed by atoms with Crippen molar-refractivity contribution in [2.75, 3.05) is 6.61 Å². The predicted octanol–water partition coefficient (Wildman–Crippen LogP) is 1.97. The van der Waals surface area contributed by atoms with Crippen molar-refractivity contribution < 1.29 is 4.74 Å². The molecule has 2 aromatic rings. The molecule has 1 aliphatic rings. The van der Waals surface area contributed by atoms with E-state index in [4.69, 9.17) is 10.5 Å². The molecule has 22 heavy (non-hydrogen) atoms. The van der Waals surface area contributed by atoms with Crippen molar-refractivity contribution >= 4 is 29.9 Å². The van der Waals surface area contributed by atoms with Gasteiger partial charge in [-0.05, 0) is 6.07 Å². The van der Waals surface area contributed by atoms with Crippen LogP contribution in [0.1, 0.15) is 23.6 Å². The van der Waals surface area contributed by atoms with Gasteiger partial charge in [0.1, 0.15) is 5.75 Å². The zero-order valence-electron chi connectivity index (χ0n) is 12.4. The van der Waals surface area contributed by atoms with Gasteiger partial charge in [0, 0.05) is 30.8 Å². The molecule has 0 fully saturated rings. The summed E-state index contributed by atoms with van der Waals surface area (Å²) in [5, 5.41) is 7.38. The van der Waals surface area contributed by atoms with Crippen LogP contribution in [0, 0.1) is 0 Å². The summed E-state index contributed by atoms with van der Waals surface area (Å²) in [7, 11) is 1.88. The molecule has 0 saturated heterocycles. The Labute approximate surface area is 146 Å². The highest BCUT2D eigenvalue weighted by molar-refractivity contribution is 14.0. The highest BCUT2D eigenvalue weighted by Gasteiger charge is 2.21. The van der Waals surface area contributed by atoms with Crippen LogP contribution in [-0.2, 0) is 13.6 Å². The van der Waals surface area contributed by atoms with Crippen LogP contribution in [0.25, 0.3) is 0 Å². The predicted molar refractivity (Wildman–Crippen MR) is 96.4 cm³/mol. The van der Waals surface area contributed by atoms with Gasteiger partial charge in [-0.2, -0.15) is 5.10 Å². The molecule has 3 N–H and O–H groups in total. The maximum absolute atomic E-state index is 5.99. The minimum atomic E-state index is 0. The molecule has 1 aromatic carbocycles. The van der Waals surface area contributed by atoms with Gasteiger partial charge in [-0.25, -0.2) is 4.99 Å². The van der Waals surface area contributed by atoms with Crippen LogP contribution in [0.15, 0.2) is 41.7 Å². The Balaban J connectivity index is 0.00000176. The Hall–Kier alpha value is -1.77. The van der Waals surface area contributed by atoms with Crippen LogP contribution < -0.4 is 15.8 Å². The van der Waals surface area contributed by atoms with Gasteiger partial charge in [-0.1, -0.05) is 18.2 Å². The zero-order valence-corrected chi connectivity index (χ0v) is 14.7. The number of guanidine groups is 1. The molecule has 0 radical (unpaired) electrons. The molecule has 0 aliphatic carbocycles. The Bertz CT molecular complexity index is 655. The van der Waals surface area contributed by atoms with Crippen molar-refractivity contribution in [2.45, 2.75) is 19.0 Å². The summed E-state index contributed by atoms with van der Waals surface area (Å²) >= 11 is 0. The lowest BCUT2D eigenvalue weighted by molar-refractivity contribution is 0.262. The summed E-state index contributed by atoms with van der Waals surface area (Å²) in [5.41, 5.74) is 8.15. The molecule has 0 spiro atoms. The van der Waals surface area contributed by atoms with Gasteiger partial charge in [0.25, 0.3) is 0 Å². The van der Waals surface area contributed by atoms with E-state index in [9.17, 15) is 0 Å². The number of nitrogens with two attached hydrogens (primary N) is 1. The average molecular weight is 413 g/mol. The van der Waals surface area contributed by atoms with Crippen molar-refractivity contribution in [2.24, 2.45) is 17.8 Å². The number of aromatic nitrogens is 2. The molecular weight excluding hydrogens is 393 g/mol. The lowest BCUT2D eigenvalue weighted by Crippen LogP contribution is -2.37. The van der Waals surface area contributed by atoms with Gasteiger partial charge in [-0.3, -0.25) is 4.68 Å². The highest BCUT2D eigenvalue weighted by atomic mass is 127. The topological polar surface area (TPSA) is 77.5 Å². The number of nitrogens with zero attached hydrogens (tertiary/aromatic N) is 3. The molecule has 1 unspecified atom stereocenters.